The molecule has 1 rings (SSSR count). The maximum atomic E-state index is 10.7. The van der Waals surface area contributed by atoms with Gasteiger partial charge in [-0.1, -0.05) is 31.9 Å². The van der Waals surface area contributed by atoms with Gasteiger partial charge in [0.25, 0.3) is 0 Å². The van der Waals surface area contributed by atoms with Crippen molar-refractivity contribution >= 4 is 43.5 Å². The Kier molecular flexibility index (Phi) is 3.33. The lowest BCUT2D eigenvalue weighted by atomic mass is 10.1. The molecule has 3 nitrogen and oxygen atoms in total. The first kappa shape index (κ1) is 10.5. The largest absolute Gasteiger partial charge is 0.478 e. The van der Waals surface area contributed by atoms with Crippen molar-refractivity contribution in [3.63, 3.8) is 0 Å². The average molecular weight is 309 g/mol. The predicted molar refractivity (Wildman–Crippen MR) is 58.1 cm³/mol. The number of carboxylic acid groups (broad SMARTS) is 1. The Bertz CT molecular complexity index is 352. The molecule has 70 valence electrons. The first-order valence-corrected chi connectivity index (χ1v) is 5.35. The molecule has 0 aliphatic heterocycles. The van der Waals surface area contributed by atoms with Gasteiger partial charge in [0, 0.05) is 9.80 Å². The lowest BCUT2D eigenvalue weighted by Gasteiger charge is -2.06. The number of rotatable bonds is 2. The van der Waals surface area contributed by atoms with Crippen LogP contribution in [0.15, 0.2) is 16.6 Å². The molecule has 0 aliphatic rings. The normalized spacial score (nSPS) is 10.0. The third kappa shape index (κ3) is 2.22. The maximum absolute atomic E-state index is 10.7. The van der Waals surface area contributed by atoms with Crippen molar-refractivity contribution < 1.29 is 9.90 Å². The zero-order valence-electron chi connectivity index (χ0n) is 6.55. The molecular formula is C8H7Br2NO2. The summed E-state index contributed by atoms with van der Waals surface area (Å²) in [5.41, 5.74) is 6.84. The van der Waals surface area contributed by atoms with E-state index in [1.165, 1.54) is 6.07 Å². The molecule has 0 radical (unpaired) electrons. The minimum Gasteiger partial charge on any atom is -0.478 e. The minimum absolute atomic E-state index is 0.129. The van der Waals surface area contributed by atoms with Crippen LogP contribution in [0.1, 0.15) is 15.9 Å². The summed E-state index contributed by atoms with van der Waals surface area (Å²) >= 11 is 6.45. The van der Waals surface area contributed by atoms with Crippen LogP contribution in [0.2, 0.25) is 0 Å². The third-order valence-electron chi connectivity index (χ3n) is 1.60. The first-order valence-electron chi connectivity index (χ1n) is 3.43. The number of hydrogen-bond acceptors (Lipinski definition) is 2. The Balaban J connectivity index is 3.35. The van der Waals surface area contributed by atoms with E-state index in [4.69, 9.17) is 10.8 Å². The summed E-state index contributed by atoms with van der Waals surface area (Å²) in [6.45, 7) is 0. The smallest absolute Gasteiger partial charge is 0.337 e. The van der Waals surface area contributed by atoms with Crippen LogP contribution in [-0.4, -0.2) is 11.1 Å². The molecule has 0 aromatic heterocycles. The third-order valence-corrected chi connectivity index (χ3v) is 2.67. The van der Waals surface area contributed by atoms with Gasteiger partial charge < -0.3 is 10.8 Å². The van der Waals surface area contributed by atoms with Crippen molar-refractivity contribution in [1.82, 2.24) is 0 Å². The molecule has 0 aliphatic carbocycles. The molecule has 3 N–H and O–H groups in total. The van der Waals surface area contributed by atoms with Gasteiger partial charge in [0.15, 0.2) is 0 Å². The van der Waals surface area contributed by atoms with E-state index in [2.05, 4.69) is 31.9 Å². The Morgan fingerprint density at radius 3 is 2.62 bits per heavy atom. The van der Waals surface area contributed by atoms with E-state index in [1.54, 1.807) is 6.07 Å². The standard InChI is InChI=1S/C8H7Br2NO2/c9-3-4-1-5(10)2-6(7(4)11)8(12)13/h1-2H,3,11H2,(H,12,13). The summed E-state index contributed by atoms with van der Waals surface area (Å²) in [5, 5.41) is 9.33. The molecule has 1 aromatic rings. The lowest BCUT2D eigenvalue weighted by molar-refractivity contribution is 0.0698. The van der Waals surface area contributed by atoms with Crippen LogP contribution in [0.5, 0.6) is 0 Å². The summed E-state index contributed by atoms with van der Waals surface area (Å²) in [4.78, 5) is 10.7. The van der Waals surface area contributed by atoms with Crippen LogP contribution in [0.4, 0.5) is 5.69 Å². The Labute approximate surface area is 92.2 Å². The molecule has 0 saturated heterocycles. The van der Waals surface area contributed by atoms with Crippen molar-refractivity contribution in [2.75, 3.05) is 5.73 Å². The SMILES string of the molecule is Nc1c(CBr)cc(Br)cc1C(=O)O. The molecule has 13 heavy (non-hydrogen) atoms. The molecule has 0 fully saturated rings. The molecule has 0 amide bonds. The topological polar surface area (TPSA) is 63.3 Å². The van der Waals surface area contributed by atoms with Gasteiger partial charge in [0.2, 0.25) is 0 Å². The molecule has 0 atom stereocenters. The second kappa shape index (κ2) is 4.11. The average Bonchev–Trinajstić information content (AvgIpc) is 2.08. The maximum Gasteiger partial charge on any atom is 0.337 e. The number of benzene rings is 1. The van der Waals surface area contributed by atoms with E-state index in [1.807, 2.05) is 0 Å². The monoisotopic (exact) mass is 307 g/mol. The van der Waals surface area contributed by atoms with Crippen LogP contribution in [-0.2, 0) is 5.33 Å². The summed E-state index contributed by atoms with van der Waals surface area (Å²) in [6, 6.07) is 3.28. The number of hydrogen-bond donors (Lipinski definition) is 2. The summed E-state index contributed by atoms with van der Waals surface area (Å²) in [7, 11) is 0. The van der Waals surface area contributed by atoms with Crippen molar-refractivity contribution in [3.8, 4) is 0 Å². The van der Waals surface area contributed by atoms with Gasteiger partial charge in [0.1, 0.15) is 0 Å². The van der Waals surface area contributed by atoms with Crippen molar-refractivity contribution in [2.45, 2.75) is 5.33 Å². The van der Waals surface area contributed by atoms with Gasteiger partial charge in [-0.25, -0.2) is 4.79 Å². The van der Waals surface area contributed by atoms with Gasteiger partial charge in [-0.2, -0.15) is 0 Å². The number of alkyl halides is 1. The number of nitrogens with two attached hydrogens (primary N) is 1. The summed E-state index contributed by atoms with van der Waals surface area (Å²) in [6.07, 6.45) is 0. The van der Waals surface area contributed by atoms with Crippen LogP contribution < -0.4 is 5.73 Å². The second-order valence-electron chi connectivity index (χ2n) is 2.46. The van der Waals surface area contributed by atoms with Crippen LogP contribution in [0, 0.1) is 0 Å². The molecule has 0 spiro atoms. The molecule has 0 heterocycles. The molecule has 5 heteroatoms. The first-order chi connectivity index (χ1) is 6.06. The van der Waals surface area contributed by atoms with Gasteiger partial charge in [-0.15, -0.1) is 0 Å². The van der Waals surface area contributed by atoms with Gasteiger partial charge >= 0.3 is 5.97 Å². The number of anilines is 1. The fourth-order valence-corrected chi connectivity index (χ4v) is 1.93. The van der Waals surface area contributed by atoms with E-state index >= 15 is 0 Å². The number of carboxylic acids is 1. The van der Waals surface area contributed by atoms with Crippen molar-refractivity contribution in [2.24, 2.45) is 0 Å². The molecule has 0 unspecified atom stereocenters. The number of halogens is 2. The molecule has 0 saturated carbocycles. The number of carbonyl (C=O) groups is 1. The Morgan fingerprint density at radius 1 is 1.54 bits per heavy atom. The van der Waals surface area contributed by atoms with E-state index in [0.29, 0.717) is 15.5 Å². The Hall–Kier alpha value is -0.550. The minimum atomic E-state index is -1.01. The molecule has 1 aromatic carbocycles. The van der Waals surface area contributed by atoms with Crippen molar-refractivity contribution in [1.29, 1.82) is 0 Å². The van der Waals surface area contributed by atoms with Gasteiger partial charge in [-0.3, -0.25) is 0 Å². The highest BCUT2D eigenvalue weighted by atomic mass is 79.9. The number of aromatic carboxylic acids is 1. The molecular weight excluding hydrogens is 302 g/mol. The van der Waals surface area contributed by atoms with Crippen LogP contribution in [0.25, 0.3) is 0 Å². The highest BCUT2D eigenvalue weighted by molar-refractivity contribution is 9.10. The fourth-order valence-electron chi connectivity index (χ4n) is 0.962. The molecule has 0 bridgehead atoms. The zero-order valence-corrected chi connectivity index (χ0v) is 9.72. The zero-order chi connectivity index (χ0) is 10.0. The number of nitrogen functional groups attached to an aromatic ring is 1. The van der Waals surface area contributed by atoms with Crippen molar-refractivity contribution in [3.05, 3.63) is 27.7 Å². The highest BCUT2D eigenvalue weighted by Gasteiger charge is 2.11. The van der Waals surface area contributed by atoms with E-state index in [9.17, 15) is 4.79 Å². The van der Waals surface area contributed by atoms with E-state index in [-0.39, 0.29) is 5.56 Å². The predicted octanol–water partition coefficient (Wildman–Crippen LogP) is 2.62. The van der Waals surface area contributed by atoms with Gasteiger partial charge in [-0.05, 0) is 17.7 Å². The summed E-state index contributed by atoms with van der Waals surface area (Å²) < 4.78 is 0.716. The quantitative estimate of drug-likeness (QED) is 0.652. The fraction of sp³-hybridized carbons (Fsp3) is 0.125. The van der Waals surface area contributed by atoms with E-state index in [0.717, 1.165) is 5.56 Å². The highest BCUT2D eigenvalue weighted by Crippen LogP contribution is 2.25. The van der Waals surface area contributed by atoms with E-state index < -0.39 is 5.97 Å². The van der Waals surface area contributed by atoms with Crippen LogP contribution >= 0.6 is 31.9 Å². The van der Waals surface area contributed by atoms with Gasteiger partial charge in [0.05, 0.1) is 11.3 Å². The van der Waals surface area contributed by atoms with Crippen LogP contribution in [0.3, 0.4) is 0 Å². The Morgan fingerprint density at radius 2 is 2.15 bits per heavy atom. The lowest BCUT2D eigenvalue weighted by Crippen LogP contribution is -2.04. The summed E-state index contributed by atoms with van der Waals surface area (Å²) in [5.74, 6) is -1.01. The second-order valence-corrected chi connectivity index (χ2v) is 3.94.